The average molecular weight is 412 g/mol. The van der Waals surface area contributed by atoms with Crippen LogP contribution in [0.3, 0.4) is 0 Å². The lowest BCUT2D eigenvalue weighted by atomic mass is 10.1. The van der Waals surface area contributed by atoms with Gasteiger partial charge in [-0.1, -0.05) is 43.3 Å². The molecule has 0 atom stereocenters. The first-order valence-electron chi connectivity index (χ1n) is 10.2. The van der Waals surface area contributed by atoms with E-state index >= 15 is 0 Å². The summed E-state index contributed by atoms with van der Waals surface area (Å²) in [6.07, 6.45) is 0.984. The van der Waals surface area contributed by atoms with Crippen molar-refractivity contribution < 1.29 is 9.59 Å². The van der Waals surface area contributed by atoms with Crippen LogP contribution in [0.15, 0.2) is 54.6 Å². The highest BCUT2D eigenvalue weighted by molar-refractivity contribution is 7.99. The number of carbonyl (C=O) groups is 2. The second kappa shape index (κ2) is 11.0. The second-order valence-electron chi connectivity index (χ2n) is 7.23. The molecule has 3 rings (SSSR count). The molecule has 0 bridgehead atoms. The fourth-order valence-electron chi connectivity index (χ4n) is 3.45. The Morgan fingerprint density at radius 3 is 2.55 bits per heavy atom. The molecule has 1 aliphatic rings. The third-order valence-electron chi connectivity index (χ3n) is 4.85. The van der Waals surface area contributed by atoms with Gasteiger partial charge in [0.2, 0.25) is 5.91 Å². The number of nitrogens with one attached hydrogen (secondary N) is 1. The normalized spacial score (nSPS) is 14.1. The van der Waals surface area contributed by atoms with Crippen molar-refractivity contribution in [1.82, 2.24) is 9.80 Å². The number of hydrogen-bond donors (Lipinski definition) is 1. The lowest BCUT2D eigenvalue weighted by molar-refractivity contribution is -0.117. The van der Waals surface area contributed by atoms with Crippen LogP contribution in [0.1, 0.15) is 29.3 Å². The first-order valence-corrected chi connectivity index (χ1v) is 11.3. The van der Waals surface area contributed by atoms with Gasteiger partial charge in [-0.25, -0.2) is 0 Å². The van der Waals surface area contributed by atoms with Crippen molar-refractivity contribution in [3.63, 3.8) is 0 Å². The molecule has 2 amide bonds. The SMILES string of the molecule is CCCN(CC(=O)Nc1cccc(C(=O)N2CCSCC2)c1)Cc1ccccc1. The van der Waals surface area contributed by atoms with E-state index in [1.54, 1.807) is 6.07 Å². The smallest absolute Gasteiger partial charge is 0.253 e. The van der Waals surface area contributed by atoms with Crippen LogP contribution in [-0.2, 0) is 11.3 Å². The second-order valence-corrected chi connectivity index (χ2v) is 8.45. The molecule has 0 aliphatic carbocycles. The molecule has 1 aliphatic heterocycles. The summed E-state index contributed by atoms with van der Waals surface area (Å²) in [6.45, 7) is 5.60. The van der Waals surface area contributed by atoms with Crippen molar-refractivity contribution in [3.8, 4) is 0 Å². The van der Waals surface area contributed by atoms with Gasteiger partial charge in [-0.05, 0) is 36.7 Å². The molecule has 5 nitrogen and oxygen atoms in total. The highest BCUT2D eigenvalue weighted by Gasteiger charge is 2.19. The van der Waals surface area contributed by atoms with Crippen LogP contribution in [0.25, 0.3) is 0 Å². The zero-order valence-electron chi connectivity index (χ0n) is 17.0. The van der Waals surface area contributed by atoms with E-state index in [1.807, 2.05) is 53.1 Å². The van der Waals surface area contributed by atoms with Gasteiger partial charge >= 0.3 is 0 Å². The van der Waals surface area contributed by atoms with E-state index in [4.69, 9.17) is 0 Å². The molecule has 1 heterocycles. The predicted molar refractivity (Wildman–Crippen MR) is 120 cm³/mol. The van der Waals surface area contributed by atoms with Crippen LogP contribution in [0.4, 0.5) is 5.69 Å². The van der Waals surface area contributed by atoms with E-state index in [2.05, 4.69) is 29.3 Å². The minimum Gasteiger partial charge on any atom is -0.337 e. The molecule has 2 aromatic rings. The summed E-state index contributed by atoms with van der Waals surface area (Å²) in [5.74, 6) is 1.94. The molecule has 0 radical (unpaired) electrons. The van der Waals surface area contributed by atoms with Gasteiger partial charge in [0.15, 0.2) is 0 Å². The topological polar surface area (TPSA) is 52.7 Å². The van der Waals surface area contributed by atoms with Crippen molar-refractivity contribution >= 4 is 29.3 Å². The number of carbonyl (C=O) groups excluding carboxylic acids is 2. The molecule has 1 saturated heterocycles. The predicted octanol–water partition coefficient (Wildman–Crippen LogP) is 3.73. The third kappa shape index (κ3) is 6.61. The van der Waals surface area contributed by atoms with Gasteiger partial charge in [-0.3, -0.25) is 14.5 Å². The summed E-state index contributed by atoms with van der Waals surface area (Å²) >= 11 is 1.88. The molecule has 6 heteroatoms. The van der Waals surface area contributed by atoms with E-state index in [0.29, 0.717) is 17.8 Å². The third-order valence-corrected chi connectivity index (χ3v) is 5.79. The molecule has 1 N–H and O–H groups in total. The minimum absolute atomic E-state index is 0.0399. The Hall–Kier alpha value is -2.31. The first-order chi connectivity index (χ1) is 14.2. The number of benzene rings is 2. The fraction of sp³-hybridized carbons (Fsp3) is 0.391. The molecule has 2 aromatic carbocycles. The van der Waals surface area contributed by atoms with Gasteiger partial charge in [0.25, 0.3) is 5.91 Å². The first kappa shape index (κ1) is 21.4. The molecular weight excluding hydrogens is 382 g/mol. The van der Waals surface area contributed by atoms with Crippen molar-refractivity contribution in [2.75, 3.05) is 43.0 Å². The van der Waals surface area contributed by atoms with E-state index in [9.17, 15) is 9.59 Å². The molecule has 29 heavy (non-hydrogen) atoms. The van der Waals surface area contributed by atoms with Crippen molar-refractivity contribution in [2.24, 2.45) is 0 Å². The molecule has 154 valence electrons. The van der Waals surface area contributed by atoms with Crippen molar-refractivity contribution in [2.45, 2.75) is 19.9 Å². The van der Waals surface area contributed by atoms with Gasteiger partial charge in [-0.15, -0.1) is 0 Å². The maximum absolute atomic E-state index is 12.7. The van der Waals surface area contributed by atoms with E-state index < -0.39 is 0 Å². The Morgan fingerprint density at radius 2 is 1.83 bits per heavy atom. The summed E-state index contributed by atoms with van der Waals surface area (Å²) in [5.41, 5.74) is 2.49. The van der Waals surface area contributed by atoms with Gasteiger partial charge in [0.1, 0.15) is 0 Å². The van der Waals surface area contributed by atoms with Crippen LogP contribution in [-0.4, -0.2) is 59.3 Å². The standard InChI is InChI=1S/C23H29N3O2S/c1-2-11-25(17-19-7-4-3-5-8-19)18-22(27)24-21-10-6-9-20(16-21)23(28)26-12-14-29-15-13-26/h3-10,16H,2,11-15,17-18H2,1H3,(H,24,27). The van der Waals surface area contributed by atoms with Crippen LogP contribution in [0, 0.1) is 0 Å². The van der Waals surface area contributed by atoms with Crippen LogP contribution >= 0.6 is 11.8 Å². The highest BCUT2D eigenvalue weighted by Crippen LogP contribution is 2.16. The fourth-order valence-corrected chi connectivity index (χ4v) is 4.36. The van der Waals surface area contributed by atoms with Gasteiger partial charge in [0.05, 0.1) is 6.54 Å². The largest absolute Gasteiger partial charge is 0.337 e. The van der Waals surface area contributed by atoms with Crippen LogP contribution in [0.2, 0.25) is 0 Å². The Bertz CT molecular complexity index is 807. The summed E-state index contributed by atoms with van der Waals surface area (Å²) < 4.78 is 0. The van der Waals surface area contributed by atoms with Crippen LogP contribution in [0.5, 0.6) is 0 Å². The highest BCUT2D eigenvalue weighted by atomic mass is 32.2. The van der Waals surface area contributed by atoms with Gasteiger partial charge in [0, 0.05) is 42.4 Å². The molecule has 0 spiro atoms. The maximum Gasteiger partial charge on any atom is 0.253 e. The molecule has 1 fully saturated rings. The Balaban J connectivity index is 1.59. The van der Waals surface area contributed by atoms with E-state index in [1.165, 1.54) is 5.56 Å². The van der Waals surface area contributed by atoms with Crippen molar-refractivity contribution in [3.05, 3.63) is 65.7 Å². The quantitative estimate of drug-likeness (QED) is 0.719. The van der Waals surface area contributed by atoms with Gasteiger partial charge < -0.3 is 10.2 Å². The molecule has 0 unspecified atom stereocenters. The molecular formula is C23H29N3O2S. The number of amides is 2. The average Bonchev–Trinajstić information content (AvgIpc) is 2.75. The lowest BCUT2D eigenvalue weighted by Crippen LogP contribution is -2.38. The summed E-state index contributed by atoms with van der Waals surface area (Å²) in [4.78, 5) is 29.4. The number of hydrogen-bond acceptors (Lipinski definition) is 4. The Labute approximate surface area is 177 Å². The molecule has 0 aromatic heterocycles. The number of rotatable bonds is 8. The van der Waals surface area contributed by atoms with Gasteiger partial charge in [-0.2, -0.15) is 11.8 Å². The summed E-state index contributed by atoms with van der Waals surface area (Å²) in [6, 6.07) is 17.5. The summed E-state index contributed by atoms with van der Waals surface area (Å²) in [7, 11) is 0. The van der Waals surface area contributed by atoms with E-state index in [0.717, 1.165) is 44.1 Å². The zero-order valence-corrected chi connectivity index (χ0v) is 17.8. The number of anilines is 1. The van der Waals surface area contributed by atoms with Crippen LogP contribution < -0.4 is 5.32 Å². The van der Waals surface area contributed by atoms with E-state index in [-0.39, 0.29) is 11.8 Å². The summed E-state index contributed by atoms with van der Waals surface area (Å²) in [5, 5.41) is 2.96. The number of thioether (sulfide) groups is 1. The lowest BCUT2D eigenvalue weighted by Gasteiger charge is -2.26. The zero-order chi connectivity index (χ0) is 20.5. The monoisotopic (exact) mass is 411 g/mol. The number of nitrogens with zero attached hydrogens (tertiary/aromatic N) is 2. The Kier molecular flexibility index (Phi) is 8.14. The van der Waals surface area contributed by atoms with Crippen molar-refractivity contribution in [1.29, 1.82) is 0 Å². The maximum atomic E-state index is 12.7. The minimum atomic E-state index is -0.0617. The Morgan fingerprint density at radius 1 is 1.07 bits per heavy atom. The molecule has 0 saturated carbocycles.